The van der Waals surface area contributed by atoms with Crippen molar-refractivity contribution in [1.82, 2.24) is 20.1 Å². The first-order chi connectivity index (χ1) is 24.8. The number of piperidine rings is 1. The van der Waals surface area contributed by atoms with E-state index < -0.39 is 6.09 Å². The van der Waals surface area contributed by atoms with Crippen LogP contribution in [0.1, 0.15) is 24.0 Å². The molecule has 0 saturated carbocycles. The van der Waals surface area contributed by atoms with Gasteiger partial charge in [0.25, 0.3) is 0 Å². The van der Waals surface area contributed by atoms with Crippen molar-refractivity contribution in [2.24, 2.45) is 0 Å². The fourth-order valence-electron chi connectivity index (χ4n) is 6.22. The Morgan fingerprint density at radius 3 is 2.43 bits per heavy atom. The minimum absolute atomic E-state index is 0.0934. The molecule has 0 unspecified atom stereocenters. The van der Waals surface area contributed by atoms with Crippen molar-refractivity contribution in [1.29, 1.82) is 0 Å². The third kappa shape index (κ3) is 9.75. The van der Waals surface area contributed by atoms with Gasteiger partial charge in [0.2, 0.25) is 0 Å². The molecule has 0 atom stereocenters. The van der Waals surface area contributed by atoms with Crippen molar-refractivity contribution in [2.75, 3.05) is 56.9 Å². The van der Waals surface area contributed by atoms with Crippen LogP contribution in [-0.4, -0.2) is 84.4 Å². The zero-order valence-electron chi connectivity index (χ0n) is 28.7. The van der Waals surface area contributed by atoms with E-state index >= 15 is 0 Å². The topological polar surface area (TPSA) is 139 Å². The van der Waals surface area contributed by atoms with Gasteiger partial charge in [-0.3, -0.25) is 10.1 Å². The van der Waals surface area contributed by atoms with E-state index in [1.54, 1.807) is 18.0 Å². The lowest BCUT2D eigenvalue weighted by Gasteiger charge is -2.32. The van der Waals surface area contributed by atoms with Crippen LogP contribution in [0, 0.1) is 0 Å². The number of fused-ring (bicyclic) bond motifs is 1. The van der Waals surface area contributed by atoms with Gasteiger partial charge in [-0.25, -0.2) is 9.59 Å². The van der Waals surface area contributed by atoms with Gasteiger partial charge in [-0.05, 0) is 79.7 Å². The summed E-state index contributed by atoms with van der Waals surface area (Å²) in [6.07, 6.45) is 2.47. The number of aromatic nitrogens is 1. The Bertz CT molecular complexity index is 1970. The number of para-hydroxylation sites is 1. The molecule has 5 aromatic rings. The van der Waals surface area contributed by atoms with Gasteiger partial charge in [0, 0.05) is 44.5 Å². The van der Waals surface area contributed by atoms with Crippen LogP contribution in [-0.2, 0) is 17.6 Å². The first-order valence-electron chi connectivity index (χ1n) is 17.3. The number of anilines is 2. The van der Waals surface area contributed by atoms with Crippen molar-refractivity contribution in [3.63, 3.8) is 0 Å². The minimum Gasteiger partial charge on any atom is -0.506 e. The Labute approximate surface area is 301 Å². The number of thiazole rings is 1. The summed E-state index contributed by atoms with van der Waals surface area (Å²) in [7, 11) is 1.79. The highest BCUT2D eigenvalue weighted by molar-refractivity contribution is 7.16. The molecule has 1 fully saturated rings. The van der Waals surface area contributed by atoms with Crippen LogP contribution in [0.2, 0.25) is 0 Å². The van der Waals surface area contributed by atoms with Crippen molar-refractivity contribution >= 4 is 45.1 Å². The molecule has 6 rings (SSSR count). The molecule has 3 amide bonds. The Morgan fingerprint density at radius 2 is 1.65 bits per heavy atom. The van der Waals surface area contributed by atoms with Crippen LogP contribution in [0.5, 0.6) is 5.75 Å². The molecule has 0 aliphatic carbocycles. The van der Waals surface area contributed by atoms with Gasteiger partial charge in [-0.2, -0.15) is 0 Å². The zero-order chi connectivity index (χ0) is 35.6. The lowest BCUT2D eigenvalue weighted by atomic mass is 10.0. The first-order valence-corrected chi connectivity index (χ1v) is 18.1. The average molecular weight is 709 g/mol. The second-order valence-electron chi connectivity index (χ2n) is 12.7. The number of hydrogen-bond acceptors (Lipinski definition) is 8. The number of likely N-dealkylation sites (tertiary alicyclic amines) is 1. The van der Waals surface area contributed by atoms with Gasteiger partial charge in [0.1, 0.15) is 17.4 Å². The number of amides is 3. The second kappa shape index (κ2) is 17.2. The highest BCUT2D eigenvalue weighted by Crippen LogP contribution is 2.29. The Morgan fingerprint density at radius 1 is 0.922 bits per heavy atom. The maximum Gasteiger partial charge on any atom is 0.411 e. The van der Waals surface area contributed by atoms with Crippen LogP contribution in [0.3, 0.4) is 0 Å². The number of aromatic hydroxyl groups is 1. The number of hydrogen-bond donors (Lipinski definition) is 5. The third-order valence-corrected chi connectivity index (χ3v) is 10.1. The molecular weight excluding hydrogens is 665 g/mol. The molecule has 0 bridgehead atoms. The molecule has 1 saturated heterocycles. The first kappa shape index (κ1) is 35.6. The normalized spacial score (nSPS) is 13.6. The number of H-pyrrole nitrogens is 1. The summed E-state index contributed by atoms with van der Waals surface area (Å²) in [6, 6.07) is 28.9. The van der Waals surface area contributed by atoms with Gasteiger partial charge in [0.05, 0.1) is 10.4 Å². The number of phenolic OH excluding ortho intramolecular Hbond substituents is 1. The van der Waals surface area contributed by atoms with Crippen molar-refractivity contribution in [3.05, 3.63) is 112 Å². The highest BCUT2D eigenvalue weighted by Gasteiger charge is 2.23. The van der Waals surface area contributed by atoms with Crippen LogP contribution >= 0.6 is 11.3 Å². The summed E-state index contributed by atoms with van der Waals surface area (Å²) in [4.78, 5) is 43.8. The number of urea groups is 1. The lowest BCUT2D eigenvalue weighted by molar-refractivity contribution is 0.0574. The van der Waals surface area contributed by atoms with Crippen LogP contribution in [0.25, 0.3) is 21.3 Å². The Balaban J connectivity index is 0.855. The van der Waals surface area contributed by atoms with Crippen LogP contribution < -0.4 is 20.8 Å². The summed E-state index contributed by atoms with van der Waals surface area (Å²) in [6.45, 7) is 4.44. The highest BCUT2D eigenvalue weighted by atomic mass is 32.1. The van der Waals surface area contributed by atoms with E-state index in [1.807, 2.05) is 84.9 Å². The molecule has 12 heteroatoms. The average Bonchev–Trinajstić information content (AvgIpc) is 3.55. The minimum atomic E-state index is -0.444. The molecule has 11 nitrogen and oxygen atoms in total. The summed E-state index contributed by atoms with van der Waals surface area (Å²) >= 11 is 1.12. The summed E-state index contributed by atoms with van der Waals surface area (Å²) in [5, 5.41) is 19.3. The summed E-state index contributed by atoms with van der Waals surface area (Å²) in [5.41, 5.74) is 6.13. The fraction of sp³-hybridized carbons (Fsp3) is 0.308. The van der Waals surface area contributed by atoms with Gasteiger partial charge in [0.15, 0.2) is 0 Å². The molecule has 266 valence electrons. The molecule has 1 aliphatic heterocycles. The van der Waals surface area contributed by atoms with Gasteiger partial charge < -0.3 is 35.3 Å². The third-order valence-electron chi connectivity index (χ3n) is 9.16. The van der Waals surface area contributed by atoms with E-state index in [4.69, 9.17) is 4.74 Å². The monoisotopic (exact) mass is 708 g/mol. The number of carbonyl (C=O) groups is 2. The molecule has 0 spiro atoms. The van der Waals surface area contributed by atoms with E-state index in [0.29, 0.717) is 12.1 Å². The largest absolute Gasteiger partial charge is 0.506 e. The van der Waals surface area contributed by atoms with Gasteiger partial charge >= 0.3 is 17.0 Å². The van der Waals surface area contributed by atoms with Gasteiger partial charge in [-0.1, -0.05) is 78.1 Å². The maximum absolute atomic E-state index is 12.9. The fourth-order valence-corrected chi connectivity index (χ4v) is 7.12. The second-order valence-corrected chi connectivity index (χ2v) is 13.7. The lowest BCUT2D eigenvalue weighted by Crippen LogP contribution is -2.43. The van der Waals surface area contributed by atoms with Crippen LogP contribution in [0.4, 0.5) is 21.0 Å². The summed E-state index contributed by atoms with van der Waals surface area (Å²) < 4.78 is 6.57. The number of likely N-dealkylation sites (N-methyl/N-ethyl adjacent to an activating group) is 1. The van der Waals surface area contributed by atoms with E-state index in [1.165, 1.54) is 0 Å². The van der Waals surface area contributed by atoms with Gasteiger partial charge in [-0.15, -0.1) is 0 Å². The Hall–Kier alpha value is -5.17. The molecule has 1 aliphatic rings. The standard InChI is InChI=1S/C39H44N6O5S/c1-44(25-26-45-23-19-31(20-24-45)50-38(48)42-33-10-6-5-9-32(33)28-7-3-2-4-8-28)37(47)41-30-14-11-27(12-15-30)17-21-40-22-18-29-13-16-34(46)35-36(29)51-39(49)43-35/h2-16,31,40,46H,17-26H2,1H3,(H,41,47)(H,42,48)(H,43,49). The molecular formula is C39H44N6O5S. The number of nitrogens with one attached hydrogen (secondary N) is 4. The number of benzene rings is 4. The van der Waals surface area contributed by atoms with E-state index in [2.05, 4.69) is 25.8 Å². The SMILES string of the molecule is CN(CCN1CCC(OC(=O)Nc2ccccc2-c2ccccc2)CC1)C(=O)Nc1ccc(CCNCCc2ccc(O)c3[nH]c(=O)sc23)cc1. The summed E-state index contributed by atoms with van der Waals surface area (Å²) in [5.74, 6) is 0.0934. The maximum atomic E-state index is 12.9. The molecule has 5 N–H and O–H groups in total. The van der Waals surface area contributed by atoms with Crippen molar-refractivity contribution in [2.45, 2.75) is 31.8 Å². The number of aromatic amines is 1. The number of nitrogens with zero attached hydrogens (tertiary/aromatic N) is 2. The smallest absolute Gasteiger partial charge is 0.411 e. The predicted molar refractivity (Wildman–Crippen MR) is 204 cm³/mol. The molecule has 4 aromatic carbocycles. The van der Waals surface area contributed by atoms with Crippen molar-refractivity contribution in [3.8, 4) is 16.9 Å². The molecule has 2 heterocycles. The molecule has 51 heavy (non-hydrogen) atoms. The van der Waals surface area contributed by atoms with Crippen LogP contribution in [0.15, 0.2) is 95.8 Å². The zero-order valence-corrected chi connectivity index (χ0v) is 29.5. The van der Waals surface area contributed by atoms with E-state index in [0.717, 1.165) is 108 Å². The molecule has 0 radical (unpaired) electrons. The predicted octanol–water partition coefficient (Wildman–Crippen LogP) is 6.51. The number of rotatable bonds is 13. The number of ether oxygens (including phenoxy) is 1. The number of phenols is 1. The Kier molecular flexibility index (Phi) is 12.0. The molecule has 1 aromatic heterocycles. The van der Waals surface area contributed by atoms with E-state index in [9.17, 15) is 19.5 Å². The quantitative estimate of drug-likeness (QED) is 0.0879. The van der Waals surface area contributed by atoms with E-state index in [-0.39, 0.29) is 22.8 Å². The van der Waals surface area contributed by atoms with Crippen molar-refractivity contribution < 1.29 is 19.4 Å². The number of carbonyl (C=O) groups excluding carboxylic acids is 2.